The molecule has 1 fully saturated rings. The van der Waals surface area contributed by atoms with E-state index in [9.17, 15) is 15.0 Å². The van der Waals surface area contributed by atoms with Crippen LogP contribution in [0.3, 0.4) is 0 Å². The molecule has 4 aromatic rings. The Balaban J connectivity index is 1.29. The zero-order valence-corrected chi connectivity index (χ0v) is 21.2. The van der Waals surface area contributed by atoms with Crippen LogP contribution in [0.4, 0.5) is 0 Å². The summed E-state index contributed by atoms with van der Waals surface area (Å²) in [6.07, 6.45) is 6.48. The molecular formula is C29H29N3O4S. The molecule has 3 aromatic carbocycles. The lowest BCUT2D eigenvalue weighted by molar-refractivity contribution is 0.108. The number of phenolic OH excluding ortho intramolecular Hbond substituents is 2. The standard InChI is InChI=1S/C29H29N3O4S/c33-25-16-13-22(17-26(25)34)29(35)37-19-28-31-30-27(32(28)23-9-5-2-6-10-23)18-36-24-14-11-21(12-15-24)20-7-3-1-4-8-20/h2,5-6,9-17,20,33-34H,1,3-4,7-8,18-19H2. The molecule has 1 aliphatic carbocycles. The van der Waals surface area contributed by atoms with E-state index in [1.165, 1.54) is 55.9 Å². The number of thioether (sulfide) groups is 1. The summed E-state index contributed by atoms with van der Waals surface area (Å²) >= 11 is 1.05. The Labute approximate surface area is 220 Å². The van der Waals surface area contributed by atoms with Gasteiger partial charge in [0.15, 0.2) is 17.3 Å². The lowest BCUT2D eigenvalue weighted by Gasteiger charge is -2.22. The van der Waals surface area contributed by atoms with E-state index in [1.807, 2.05) is 47.0 Å². The van der Waals surface area contributed by atoms with Crippen LogP contribution in [0.5, 0.6) is 17.2 Å². The highest BCUT2D eigenvalue weighted by molar-refractivity contribution is 8.13. The lowest BCUT2D eigenvalue weighted by atomic mass is 9.84. The molecule has 1 aromatic heterocycles. The highest BCUT2D eigenvalue weighted by atomic mass is 32.2. The van der Waals surface area contributed by atoms with Gasteiger partial charge in [-0.15, -0.1) is 10.2 Å². The molecular weight excluding hydrogens is 486 g/mol. The van der Waals surface area contributed by atoms with Crippen molar-refractivity contribution in [3.63, 3.8) is 0 Å². The third kappa shape index (κ3) is 5.97. The summed E-state index contributed by atoms with van der Waals surface area (Å²) < 4.78 is 7.99. The van der Waals surface area contributed by atoms with Crippen molar-refractivity contribution in [2.45, 2.75) is 50.4 Å². The minimum absolute atomic E-state index is 0.231. The van der Waals surface area contributed by atoms with Gasteiger partial charge in [-0.2, -0.15) is 0 Å². The topological polar surface area (TPSA) is 97.5 Å². The van der Waals surface area contributed by atoms with Gasteiger partial charge < -0.3 is 14.9 Å². The molecule has 0 unspecified atom stereocenters. The first-order valence-corrected chi connectivity index (χ1v) is 13.5. The van der Waals surface area contributed by atoms with Gasteiger partial charge in [0.2, 0.25) is 5.12 Å². The highest BCUT2D eigenvalue weighted by Crippen LogP contribution is 2.33. The summed E-state index contributed by atoms with van der Waals surface area (Å²) in [6, 6.07) is 22.1. The first-order chi connectivity index (χ1) is 18.1. The van der Waals surface area contributed by atoms with Crippen LogP contribution in [0, 0.1) is 0 Å². The van der Waals surface area contributed by atoms with E-state index in [1.54, 1.807) is 0 Å². The quantitative estimate of drug-likeness (QED) is 0.263. The number of nitrogens with zero attached hydrogens (tertiary/aromatic N) is 3. The maximum atomic E-state index is 12.7. The van der Waals surface area contributed by atoms with Gasteiger partial charge in [-0.1, -0.05) is 61.4 Å². The van der Waals surface area contributed by atoms with Crippen molar-refractivity contribution in [2.75, 3.05) is 0 Å². The second kappa shape index (κ2) is 11.5. The smallest absolute Gasteiger partial charge is 0.219 e. The normalized spacial score (nSPS) is 13.9. The van der Waals surface area contributed by atoms with Crippen LogP contribution in [0.2, 0.25) is 0 Å². The molecule has 0 aliphatic heterocycles. The monoisotopic (exact) mass is 515 g/mol. The zero-order valence-electron chi connectivity index (χ0n) is 20.4. The number of aromatic hydroxyl groups is 2. The Bertz CT molecular complexity index is 1350. The molecule has 0 spiro atoms. The number of ether oxygens (including phenoxy) is 1. The minimum Gasteiger partial charge on any atom is -0.504 e. The van der Waals surface area contributed by atoms with Crippen LogP contribution in [0.15, 0.2) is 72.8 Å². The molecule has 0 bridgehead atoms. The second-order valence-corrected chi connectivity index (χ2v) is 10.1. The molecule has 190 valence electrons. The van der Waals surface area contributed by atoms with Gasteiger partial charge in [-0.05, 0) is 66.8 Å². The van der Waals surface area contributed by atoms with Crippen molar-refractivity contribution >= 4 is 16.9 Å². The Kier molecular flexibility index (Phi) is 7.75. The fourth-order valence-corrected chi connectivity index (χ4v) is 5.44. The fourth-order valence-electron chi connectivity index (χ4n) is 4.70. The van der Waals surface area contributed by atoms with Crippen molar-refractivity contribution in [1.82, 2.24) is 14.8 Å². The summed E-state index contributed by atoms with van der Waals surface area (Å²) in [6.45, 7) is 0.231. The number of aromatic nitrogens is 3. The van der Waals surface area contributed by atoms with E-state index in [2.05, 4.69) is 22.3 Å². The van der Waals surface area contributed by atoms with E-state index >= 15 is 0 Å². The van der Waals surface area contributed by atoms with E-state index < -0.39 is 0 Å². The molecule has 1 heterocycles. The third-order valence-electron chi connectivity index (χ3n) is 6.68. The highest BCUT2D eigenvalue weighted by Gasteiger charge is 2.18. The molecule has 37 heavy (non-hydrogen) atoms. The van der Waals surface area contributed by atoms with Gasteiger partial charge in [0.05, 0.1) is 5.75 Å². The molecule has 0 radical (unpaired) electrons. The summed E-state index contributed by atoms with van der Waals surface area (Å²) in [5, 5.41) is 27.7. The lowest BCUT2D eigenvalue weighted by Crippen LogP contribution is -2.09. The number of rotatable bonds is 8. The van der Waals surface area contributed by atoms with Crippen molar-refractivity contribution < 1.29 is 19.7 Å². The number of carbonyl (C=O) groups is 1. The first-order valence-electron chi connectivity index (χ1n) is 12.5. The predicted octanol–water partition coefficient (Wildman–Crippen LogP) is 6.38. The molecule has 1 aliphatic rings. The number of benzene rings is 3. The van der Waals surface area contributed by atoms with Gasteiger partial charge in [0, 0.05) is 11.3 Å². The van der Waals surface area contributed by atoms with Crippen molar-refractivity contribution in [3.8, 4) is 22.9 Å². The van der Waals surface area contributed by atoms with E-state index in [4.69, 9.17) is 4.74 Å². The van der Waals surface area contributed by atoms with Gasteiger partial charge in [-0.25, -0.2) is 0 Å². The van der Waals surface area contributed by atoms with E-state index in [0.29, 0.717) is 23.1 Å². The Morgan fingerprint density at radius 3 is 2.35 bits per heavy atom. The third-order valence-corrected chi connectivity index (χ3v) is 7.58. The SMILES string of the molecule is O=C(SCc1nnc(COc2ccc(C3CCCCC3)cc2)n1-c1ccccc1)c1ccc(O)c(O)c1. The van der Waals surface area contributed by atoms with Crippen molar-refractivity contribution in [1.29, 1.82) is 0 Å². The molecule has 0 atom stereocenters. The predicted molar refractivity (Wildman–Crippen MR) is 143 cm³/mol. The van der Waals surface area contributed by atoms with Gasteiger partial charge >= 0.3 is 0 Å². The van der Waals surface area contributed by atoms with Gasteiger partial charge in [0.25, 0.3) is 0 Å². The second-order valence-electron chi connectivity index (χ2n) is 9.18. The summed E-state index contributed by atoms with van der Waals surface area (Å²) in [5.74, 6) is 2.35. The molecule has 0 amide bonds. The van der Waals surface area contributed by atoms with Crippen molar-refractivity contribution in [3.05, 3.63) is 95.6 Å². The average molecular weight is 516 g/mol. The van der Waals surface area contributed by atoms with Gasteiger partial charge in [0.1, 0.15) is 18.2 Å². The molecule has 0 saturated heterocycles. The molecule has 5 rings (SSSR count). The average Bonchev–Trinajstić information content (AvgIpc) is 3.36. The number of carbonyl (C=O) groups excluding carboxylic acids is 1. The van der Waals surface area contributed by atoms with Gasteiger partial charge in [-0.3, -0.25) is 9.36 Å². The number of hydrogen-bond donors (Lipinski definition) is 2. The first kappa shape index (κ1) is 24.9. The fraction of sp³-hybridized carbons (Fsp3) is 0.276. The molecule has 8 heteroatoms. The minimum atomic E-state index is -0.329. The van der Waals surface area contributed by atoms with E-state index in [0.717, 1.165) is 23.2 Å². The maximum Gasteiger partial charge on any atom is 0.219 e. The van der Waals surface area contributed by atoms with Crippen molar-refractivity contribution in [2.24, 2.45) is 0 Å². The number of para-hydroxylation sites is 1. The Morgan fingerprint density at radius 2 is 1.62 bits per heavy atom. The van der Waals surface area contributed by atoms with Crippen LogP contribution in [-0.2, 0) is 12.4 Å². The summed E-state index contributed by atoms with van der Waals surface area (Å²) in [5.41, 5.74) is 2.56. The summed E-state index contributed by atoms with van der Waals surface area (Å²) in [7, 11) is 0. The largest absolute Gasteiger partial charge is 0.504 e. The number of phenols is 2. The Hall–Kier alpha value is -3.78. The molecule has 1 saturated carbocycles. The Morgan fingerprint density at radius 1 is 0.892 bits per heavy atom. The zero-order chi connectivity index (χ0) is 25.6. The van der Waals surface area contributed by atoms with Crippen LogP contribution in [0.1, 0.15) is 65.6 Å². The summed E-state index contributed by atoms with van der Waals surface area (Å²) in [4.78, 5) is 12.7. The van der Waals surface area contributed by atoms with Crippen LogP contribution >= 0.6 is 11.8 Å². The van der Waals surface area contributed by atoms with Crippen LogP contribution in [0.25, 0.3) is 5.69 Å². The van der Waals surface area contributed by atoms with Crippen LogP contribution < -0.4 is 4.74 Å². The van der Waals surface area contributed by atoms with E-state index in [-0.39, 0.29) is 29.0 Å². The molecule has 7 nitrogen and oxygen atoms in total. The maximum absolute atomic E-state index is 12.7. The molecule has 2 N–H and O–H groups in total. The number of hydrogen-bond acceptors (Lipinski definition) is 7. The van der Waals surface area contributed by atoms with Crippen LogP contribution in [-0.4, -0.2) is 30.1 Å².